The van der Waals surface area contributed by atoms with E-state index in [-0.39, 0.29) is 23.5 Å². The molecule has 0 heterocycles. The van der Waals surface area contributed by atoms with E-state index < -0.39 is 6.61 Å². The van der Waals surface area contributed by atoms with E-state index >= 15 is 0 Å². The van der Waals surface area contributed by atoms with Gasteiger partial charge in [0.25, 0.3) is 0 Å². The van der Waals surface area contributed by atoms with Gasteiger partial charge in [-0.05, 0) is 48.1 Å². The highest BCUT2D eigenvalue weighted by Crippen LogP contribution is 2.49. The molecule has 25 heavy (non-hydrogen) atoms. The summed E-state index contributed by atoms with van der Waals surface area (Å²) in [6.45, 7) is -2.32. The van der Waals surface area contributed by atoms with Gasteiger partial charge in [-0.15, -0.1) is 0 Å². The van der Waals surface area contributed by atoms with E-state index in [1.165, 1.54) is 12.1 Å². The average Bonchev–Trinajstić information content (AvgIpc) is 3.37. The molecule has 2 unspecified atom stereocenters. The van der Waals surface area contributed by atoms with Crippen LogP contribution in [0.5, 0.6) is 5.75 Å². The van der Waals surface area contributed by atoms with Crippen molar-refractivity contribution in [3.05, 3.63) is 64.7 Å². The molecule has 6 heteroatoms. The number of amides is 1. The zero-order valence-corrected chi connectivity index (χ0v) is 14.2. The van der Waals surface area contributed by atoms with Crippen LogP contribution in [-0.2, 0) is 11.2 Å². The molecule has 132 valence electrons. The maximum Gasteiger partial charge on any atom is 0.387 e. The minimum absolute atomic E-state index is 0.0262. The van der Waals surface area contributed by atoms with E-state index in [9.17, 15) is 13.6 Å². The van der Waals surface area contributed by atoms with Crippen LogP contribution in [0, 0.1) is 5.92 Å². The summed E-state index contributed by atoms with van der Waals surface area (Å²) >= 11 is 6.17. The molecule has 1 amide bonds. The lowest BCUT2D eigenvalue weighted by molar-refractivity contribution is -0.122. The topological polar surface area (TPSA) is 38.3 Å². The van der Waals surface area contributed by atoms with E-state index in [1.807, 2.05) is 24.3 Å². The molecule has 1 saturated carbocycles. The summed E-state index contributed by atoms with van der Waals surface area (Å²) in [4.78, 5) is 12.2. The highest BCUT2D eigenvalue weighted by molar-refractivity contribution is 6.31. The molecule has 2 aromatic carbocycles. The summed E-state index contributed by atoms with van der Waals surface area (Å²) in [6.07, 6.45) is 1.44. The van der Waals surface area contributed by atoms with Gasteiger partial charge in [0, 0.05) is 17.5 Å². The molecule has 2 aromatic rings. The minimum Gasteiger partial charge on any atom is -0.435 e. The van der Waals surface area contributed by atoms with Crippen molar-refractivity contribution in [2.24, 2.45) is 5.92 Å². The van der Waals surface area contributed by atoms with Crippen molar-refractivity contribution in [1.82, 2.24) is 5.32 Å². The SMILES string of the molecule is O=C(NCCc1ccc(OC(F)F)cc1)C1CC1c1ccccc1Cl. The normalized spacial score (nSPS) is 18.9. The van der Waals surface area contributed by atoms with E-state index in [4.69, 9.17) is 11.6 Å². The highest BCUT2D eigenvalue weighted by Gasteiger charge is 2.44. The van der Waals surface area contributed by atoms with Crippen LogP contribution in [0.3, 0.4) is 0 Å². The van der Waals surface area contributed by atoms with E-state index in [0.717, 1.165) is 17.5 Å². The maximum atomic E-state index is 12.2. The van der Waals surface area contributed by atoms with Crippen molar-refractivity contribution >= 4 is 17.5 Å². The molecule has 1 aliphatic rings. The minimum atomic E-state index is -2.82. The van der Waals surface area contributed by atoms with Gasteiger partial charge in [0.05, 0.1) is 0 Å². The van der Waals surface area contributed by atoms with Crippen LogP contribution in [-0.4, -0.2) is 19.1 Å². The molecule has 0 saturated heterocycles. The number of halogens is 3. The van der Waals surface area contributed by atoms with Gasteiger partial charge in [-0.25, -0.2) is 0 Å². The monoisotopic (exact) mass is 365 g/mol. The molecule has 0 radical (unpaired) electrons. The Morgan fingerprint density at radius 1 is 1.20 bits per heavy atom. The molecule has 2 atom stereocenters. The Morgan fingerprint density at radius 2 is 1.92 bits per heavy atom. The highest BCUT2D eigenvalue weighted by atomic mass is 35.5. The van der Waals surface area contributed by atoms with Crippen LogP contribution >= 0.6 is 11.6 Å². The fourth-order valence-electron chi connectivity index (χ4n) is 2.90. The summed E-state index contributed by atoms with van der Waals surface area (Å²) in [5.74, 6) is 0.326. The Morgan fingerprint density at radius 3 is 2.60 bits per heavy atom. The Labute approximate surface area is 149 Å². The Bertz CT molecular complexity index is 736. The molecule has 3 nitrogen and oxygen atoms in total. The lowest BCUT2D eigenvalue weighted by atomic mass is 10.1. The van der Waals surface area contributed by atoms with Crippen LogP contribution in [0.25, 0.3) is 0 Å². The molecule has 0 aromatic heterocycles. The number of carbonyl (C=O) groups excluding carboxylic acids is 1. The lowest BCUT2D eigenvalue weighted by Crippen LogP contribution is -2.27. The second-order valence-corrected chi connectivity index (χ2v) is 6.44. The fraction of sp³-hybridized carbons (Fsp3) is 0.316. The summed E-state index contributed by atoms with van der Waals surface area (Å²) in [5, 5.41) is 3.63. The van der Waals surface area contributed by atoms with Gasteiger partial charge in [-0.3, -0.25) is 4.79 Å². The predicted molar refractivity (Wildman–Crippen MR) is 92.1 cm³/mol. The van der Waals surface area contributed by atoms with Crippen molar-refractivity contribution in [2.75, 3.05) is 6.54 Å². The summed E-state index contributed by atoms with van der Waals surface area (Å²) < 4.78 is 28.5. The summed E-state index contributed by atoms with van der Waals surface area (Å²) in [7, 11) is 0. The second-order valence-electron chi connectivity index (χ2n) is 6.03. The molecule has 0 bridgehead atoms. The smallest absolute Gasteiger partial charge is 0.387 e. The number of nitrogens with one attached hydrogen (secondary N) is 1. The number of hydrogen-bond donors (Lipinski definition) is 1. The zero-order valence-electron chi connectivity index (χ0n) is 13.4. The number of carbonyl (C=O) groups is 1. The van der Waals surface area contributed by atoms with E-state index in [2.05, 4.69) is 10.1 Å². The Kier molecular flexibility index (Phi) is 5.53. The number of alkyl halides is 2. The third-order valence-electron chi connectivity index (χ3n) is 4.29. The van der Waals surface area contributed by atoms with Gasteiger partial charge in [0.2, 0.25) is 5.91 Å². The molecule has 1 aliphatic carbocycles. The molecule has 1 fully saturated rings. The predicted octanol–water partition coefficient (Wildman–Crippen LogP) is 4.40. The van der Waals surface area contributed by atoms with Crippen molar-refractivity contribution < 1.29 is 18.3 Å². The largest absolute Gasteiger partial charge is 0.435 e. The van der Waals surface area contributed by atoms with Crippen LogP contribution < -0.4 is 10.1 Å². The number of hydrogen-bond acceptors (Lipinski definition) is 2. The number of benzene rings is 2. The molecular weight excluding hydrogens is 348 g/mol. The second kappa shape index (κ2) is 7.83. The first-order valence-electron chi connectivity index (χ1n) is 8.10. The van der Waals surface area contributed by atoms with Gasteiger partial charge in [0.15, 0.2) is 0 Å². The number of rotatable bonds is 7. The van der Waals surface area contributed by atoms with Crippen LogP contribution in [0.4, 0.5) is 8.78 Å². The average molecular weight is 366 g/mol. The third-order valence-corrected chi connectivity index (χ3v) is 4.64. The van der Waals surface area contributed by atoms with E-state index in [0.29, 0.717) is 18.0 Å². The fourth-order valence-corrected chi connectivity index (χ4v) is 3.18. The van der Waals surface area contributed by atoms with Gasteiger partial charge in [-0.1, -0.05) is 41.9 Å². The van der Waals surface area contributed by atoms with Crippen LogP contribution in [0.2, 0.25) is 5.02 Å². The maximum absolute atomic E-state index is 12.2. The zero-order chi connectivity index (χ0) is 17.8. The van der Waals surface area contributed by atoms with Crippen molar-refractivity contribution in [2.45, 2.75) is 25.4 Å². The first-order chi connectivity index (χ1) is 12.0. The quantitative estimate of drug-likeness (QED) is 0.789. The Balaban J connectivity index is 1.44. The summed E-state index contributed by atoms with van der Waals surface area (Å²) in [5.41, 5.74) is 1.97. The van der Waals surface area contributed by atoms with Gasteiger partial charge in [0.1, 0.15) is 5.75 Å². The molecule has 0 spiro atoms. The van der Waals surface area contributed by atoms with Crippen molar-refractivity contribution in [3.8, 4) is 5.75 Å². The first-order valence-corrected chi connectivity index (χ1v) is 8.48. The third kappa shape index (κ3) is 4.69. The van der Waals surface area contributed by atoms with Gasteiger partial charge in [-0.2, -0.15) is 8.78 Å². The number of ether oxygens (including phenoxy) is 1. The van der Waals surface area contributed by atoms with Crippen LogP contribution in [0.1, 0.15) is 23.5 Å². The standard InChI is InChI=1S/C19H18ClF2NO2/c20-17-4-2-1-3-14(17)15-11-16(15)18(24)23-10-9-12-5-7-13(8-6-12)25-19(21)22/h1-8,15-16,19H,9-11H2,(H,23,24). The summed E-state index contributed by atoms with van der Waals surface area (Å²) in [6, 6.07) is 14.0. The van der Waals surface area contributed by atoms with Gasteiger partial charge < -0.3 is 10.1 Å². The van der Waals surface area contributed by atoms with Crippen molar-refractivity contribution in [3.63, 3.8) is 0 Å². The van der Waals surface area contributed by atoms with Crippen molar-refractivity contribution in [1.29, 1.82) is 0 Å². The van der Waals surface area contributed by atoms with Crippen LogP contribution in [0.15, 0.2) is 48.5 Å². The molecule has 0 aliphatic heterocycles. The Hall–Kier alpha value is -2.14. The van der Waals surface area contributed by atoms with Gasteiger partial charge >= 0.3 is 6.61 Å². The first kappa shape index (κ1) is 17.7. The molecule has 1 N–H and O–H groups in total. The van der Waals surface area contributed by atoms with E-state index in [1.54, 1.807) is 12.1 Å². The molecular formula is C19H18ClF2NO2. The molecule has 3 rings (SSSR count). The lowest BCUT2D eigenvalue weighted by Gasteiger charge is -2.07.